The van der Waals surface area contributed by atoms with Gasteiger partial charge >= 0.3 is 11.7 Å². The van der Waals surface area contributed by atoms with Gasteiger partial charge in [0, 0.05) is 24.2 Å². The zero-order valence-corrected chi connectivity index (χ0v) is 21.7. The summed E-state index contributed by atoms with van der Waals surface area (Å²) in [5.74, 6) is 6.68. The zero-order valence-electron chi connectivity index (χ0n) is 21.7. The van der Waals surface area contributed by atoms with E-state index in [4.69, 9.17) is 9.47 Å². The largest absolute Gasteiger partial charge is 0.481 e. The Hall–Kier alpha value is -4.58. The van der Waals surface area contributed by atoms with Crippen LogP contribution in [0.3, 0.4) is 0 Å². The molecule has 38 heavy (non-hydrogen) atoms. The van der Waals surface area contributed by atoms with Gasteiger partial charge in [-0.3, -0.25) is 13.9 Å². The Morgan fingerprint density at radius 3 is 2.45 bits per heavy atom. The summed E-state index contributed by atoms with van der Waals surface area (Å²) in [6.45, 7) is 6.98. The quantitative estimate of drug-likeness (QED) is 0.267. The smallest absolute Gasteiger partial charge is 0.338 e. The highest BCUT2D eigenvalue weighted by atomic mass is 16.5. The predicted octanol–water partition coefficient (Wildman–Crippen LogP) is 3.98. The van der Waals surface area contributed by atoms with Gasteiger partial charge in [0.15, 0.2) is 5.65 Å². The Balaban J connectivity index is 1.50. The predicted molar refractivity (Wildman–Crippen MR) is 145 cm³/mol. The van der Waals surface area contributed by atoms with Crippen molar-refractivity contribution in [2.75, 3.05) is 13.2 Å². The third-order valence-electron chi connectivity index (χ3n) is 5.80. The van der Waals surface area contributed by atoms with Gasteiger partial charge in [0.2, 0.25) is 0 Å². The molecule has 1 N–H and O–H groups in total. The number of hydrogen-bond donors (Lipinski definition) is 1. The van der Waals surface area contributed by atoms with E-state index in [1.165, 1.54) is 4.57 Å². The van der Waals surface area contributed by atoms with Crippen molar-refractivity contribution >= 4 is 17.1 Å². The van der Waals surface area contributed by atoms with Gasteiger partial charge in [0.1, 0.15) is 23.7 Å². The van der Waals surface area contributed by atoms with Crippen LogP contribution in [-0.2, 0) is 17.8 Å². The van der Waals surface area contributed by atoms with Crippen molar-refractivity contribution in [3.8, 4) is 29.0 Å². The standard InChI is InChI=1S/C29H30N4O5/c1-4-16-32-26-24(27(34)33(17-5-2)29(32)36)30-25(31-26)21-12-14-23(15-13-21)38-18-8-10-20-9-7-11-22(19-20)28(35)37-6-3/h7,9,11-15,19H,4-6,16-18H2,1-3H3,(H,30,31). The molecule has 0 amide bonds. The number of benzene rings is 2. The minimum absolute atomic E-state index is 0.161. The average molecular weight is 515 g/mol. The first kappa shape index (κ1) is 26.5. The number of imidazole rings is 1. The van der Waals surface area contributed by atoms with Gasteiger partial charge in [0.25, 0.3) is 5.56 Å². The fraction of sp³-hybridized carbons (Fsp3) is 0.310. The molecule has 0 atom stereocenters. The SMILES string of the molecule is CCCn1c(=O)c2[nH]c(-c3ccc(OCC#Cc4cccc(C(=O)OCC)c4)cc3)nc2n(CCC)c1=O. The Bertz CT molecular complexity index is 1620. The number of aromatic nitrogens is 4. The maximum atomic E-state index is 12.9. The van der Waals surface area contributed by atoms with Crippen molar-refractivity contribution in [2.45, 2.75) is 46.7 Å². The summed E-state index contributed by atoms with van der Waals surface area (Å²) in [5.41, 5.74) is 1.91. The number of hydrogen-bond acceptors (Lipinski definition) is 6. The van der Waals surface area contributed by atoms with E-state index in [9.17, 15) is 14.4 Å². The molecule has 9 nitrogen and oxygen atoms in total. The second kappa shape index (κ2) is 12.1. The second-order valence-electron chi connectivity index (χ2n) is 8.59. The van der Waals surface area contributed by atoms with E-state index < -0.39 is 0 Å². The first-order valence-corrected chi connectivity index (χ1v) is 12.7. The van der Waals surface area contributed by atoms with Gasteiger partial charge in [0.05, 0.1) is 12.2 Å². The van der Waals surface area contributed by atoms with Crippen molar-refractivity contribution in [3.05, 3.63) is 80.5 Å². The molecular weight excluding hydrogens is 484 g/mol. The summed E-state index contributed by atoms with van der Waals surface area (Å²) in [7, 11) is 0. The number of carbonyl (C=O) groups is 1. The van der Waals surface area contributed by atoms with Gasteiger partial charge in [-0.2, -0.15) is 0 Å². The van der Waals surface area contributed by atoms with E-state index in [0.29, 0.717) is 60.0 Å². The van der Waals surface area contributed by atoms with Crippen molar-refractivity contribution in [2.24, 2.45) is 0 Å². The number of carbonyl (C=O) groups excluding carboxylic acids is 1. The van der Waals surface area contributed by atoms with Crippen LogP contribution in [0, 0.1) is 11.8 Å². The van der Waals surface area contributed by atoms with Gasteiger partial charge in [-0.15, -0.1) is 0 Å². The number of rotatable bonds is 9. The molecule has 0 bridgehead atoms. The molecule has 0 spiro atoms. The highest BCUT2D eigenvalue weighted by Gasteiger charge is 2.17. The minimum Gasteiger partial charge on any atom is -0.481 e. The third-order valence-corrected chi connectivity index (χ3v) is 5.80. The summed E-state index contributed by atoms with van der Waals surface area (Å²) in [4.78, 5) is 45.4. The highest BCUT2D eigenvalue weighted by molar-refractivity contribution is 5.89. The van der Waals surface area contributed by atoms with Crippen LogP contribution in [0.4, 0.5) is 0 Å². The number of esters is 1. The van der Waals surface area contributed by atoms with E-state index >= 15 is 0 Å². The summed E-state index contributed by atoms with van der Waals surface area (Å²) in [5, 5.41) is 0. The van der Waals surface area contributed by atoms with Gasteiger partial charge in [-0.25, -0.2) is 14.6 Å². The maximum Gasteiger partial charge on any atom is 0.338 e. The van der Waals surface area contributed by atoms with Crippen molar-refractivity contribution in [1.82, 2.24) is 19.1 Å². The first-order valence-electron chi connectivity index (χ1n) is 12.7. The topological polar surface area (TPSA) is 108 Å². The van der Waals surface area contributed by atoms with Crippen LogP contribution in [0.15, 0.2) is 58.1 Å². The number of fused-ring (bicyclic) bond motifs is 1. The number of aromatic amines is 1. The van der Waals surface area contributed by atoms with Crippen molar-refractivity contribution < 1.29 is 14.3 Å². The fourth-order valence-electron chi connectivity index (χ4n) is 4.05. The van der Waals surface area contributed by atoms with Gasteiger partial charge in [-0.05, 0) is 62.2 Å². The number of ether oxygens (including phenoxy) is 2. The molecule has 0 radical (unpaired) electrons. The van der Waals surface area contributed by atoms with Gasteiger partial charge < -0.3 is 14.5 Å². The number of aryl methyl sites for hydroxylation is 1. The molecule has 2 heterocycles. The van der Waals surface area contributed by atoms with Gasteiger partial charge in [-0.1, -0.05) is 31.8 Å². The molecule has 0 saturated heterocycles. The van der Waals surface area contributed by atoms with Crippen LogP contribution in [0.2, 0.25) is 0 Å². The number of H-pyrrole nitrogens is 1. The Labute approximate surface area is 220 Å². The molecule has 2 aromatic heterocycles. The molecular formula is C29H30N4O5. The molecule has 0 aliphatic heterocycles. The zero-order chi connectivity index (χ0) is 27.1. The van der Waals surface area contributed by atoms with E-state index in [0.717, 1.165) is 12.0 Å². The average Bonchev–Trinajstić information content (AvgIpc) is 3.38. The normalized spacial score (nSPS) is 10.7. The summed E-state index contributed by atoms with van der Waals surface area (Å²) >= 11 is 0. The third kappa shape index (κ3) is 5.70. The fourth-order valence-corrected chi connectivity index (χ4v) is 4.05. The maximum absolute atomic E-state index is 12.9. The molecule has 2 aromatic carbocycles. The van der Waals surface area contributed by atoms with E-state index in [-0.39, 0.29) is 23.8 Å². The van der Waals surface area contributed by atoms with Crippen LogP contribution in [-0.4, -0.2) is 38.3 Å². The van der Waals surface area contributed by atoms with Crippen LogP contribution in [0.5, 0.6) is 5.75 Å². The molecule has 196 valence electrons. The summed E-state index contributed by atoms with van der Waals surface area (Å²) in [6, 6.07) is 14.2. The van der Waals surface area contributed by atoms with E-state index in [2.05, 4.69) is 21.8 Å². The Morgan fingerprint density at radius 2 is 1.74 bits per heavy atom. The second-order valence-corrected chi connectivity index (χ2v) is 8.59. The molecule has 0 aliphatic carbocycles. The lowest BCUT2D eigenvalue weighted by Gasteiger charge is -2.09. The lowest BCUT2D eigenvalue weighted by molar-refractivity contribution is 0.0526. The Morgan fingerprint density at radius 1 is 1.00 bits per heavy atom. The van der Waals surface area contributed by atoms with Crippen LogP contribution >= 0.6 is 0 Å². The molecule has 0 fully saturated rings. The number of nitrogens with zero attached hydrogens (tertiary/aromatic N) is 3. The van der Waals surface area contributed by atoms with E-state index in [1.54, 1.807) is 41.8 Å². The molecule has 0 unspecified atom stereocenters. The molecule has 0 aliphatic rings. The van der Waals surface area contributed by atoms with Crippen LogP contribution in [0.25, 0.3) is 22.6 Å². The molecule has 9 heteroatoms. The van der Waals surface area contributed by atoms with Crippen molar-refractivity contribution in [3.63, 3.8) is 0 Å². The number of nitrogens with one attached hydrogen (secondary N) is 1. The van der Waals surface area contributed by atoms with Crippen LogP contribution < -0.4 is 16.0 Å². The monoisotopic (exact) mass is 514 g/mol. The Kier molecular flexibility index (Phi) is 8.44. The lowest BCUT2D eigenvalue weighted by Crippen LogP contribution is -2.40. The summed E-state index contributed by atoms with van der Waals surface area (Å²) in [6.07, 6.45) is 1.42. The molecule has 0 saturated carbocycles. The van der Waals surface area contributed by atoms with Crippen molar-refractivity contribution in [1.29, 1.82) is 0 Å². The lowest BCUT2D eigenvalue weighted by atomic mass is 10.1. The summed E-state index contributed by atoms with van der Waals surface area (Å²) < 4.78 is 13.6. The first-order chi connectivity index (χ1) is 18.5. The molecule has 4 rings (SSSR count). The minimum atomic E-state index is -0.378. The highest BCUT2D eigenvalue weighted by Crippen LogP contribution is 2.22. The van der Waals surface area contributed by atoms with Crippen LogP contribution in [0.1, 0.15) is 49.5 Å². The molecule has 4 aromatic rings. The van der Waals surface area contributed by atoms with E-state index in [1.807, 2.05) is 32.0 Å².